The van der Waals surface area contributed by atoms with Crippen LogP contribution in [0.25, 0.3) is 0 Å². The lowest BCUT2D eigenvalue weighted by Gasteiger charge is -2.29. The first-order chi connectivity index (χ1) is 15.1. The zero-order valence-corrected chi connectivity index (χ0v) is 23.6. The Hall–Kier alpha value is -1.55. The summed E-state index contributed by atoms with van der Waals surface area (Å²) in [6, 6.07) is 10.4. The van der Waals surface area contributed by atoms with Gasteiger partial charge in [0, 0.05) is 45.8 Å². The van der Waals surface area contributed by atoms with Gasteiger partial charge in [-0.2, -0.15) is 0 Å². The van der Waals surface area contributed by atoms with Gasteiger partial charge >= 0.3 is 6.09 Å². The number of nitrogens with zero attached hydrogens (tertiary/aromatic N) is 2. The topological polar surface area (TPSA) is 75.2 Å². The van der Waals surface area contributed by atoms with Gasteiger partial charge in [-0.05, 0) is 45.1 Å². The molecular weight excluding hydrogens is 531 g/mol. The van der Waals surface area contributed by atoms with Crippen molar-refractivity contribution in [3.05, 3.63) is 35.9 Å². The average Bonchev–Trinajstić information content (AvgIpc) is 3.19. The monoisotopic (exact) mass is 574 g/mol. The third-order valence-corrected chi connectivity index (χ3v) is 5.72. The van der Waals surface area contributed by atoms with E-state index in [4.69, 9.17) is 9.47 Å². The molecule has 0 bridgehead atoms. The lowest BCUT2D eigenvalue weighted by Crippen LogP contribution is -2.46. The largest absolute Gasteiger partial charge is 0.444 e. The zero-order chi connectivity index (χ0) is 23.7. The SMILES string of the molecule is CN=C(NCC1CCOC1c1ccccc1)N(C)CCC(NC(=O)OC(C)(C)C)C(C)C.I. The van der Waals surface area contributed by atoms with E-state index < -0.39 is 5.60 Å². The van der Waals surface area contributed by atoms with Gasteiger partial charge < -0.3 is 25.0 Å². The van der Waals surface area contributed by atoms with Gasteiger partial charge in [0.05, 0.1) is 6.10 Å². The van der Waals surface area contributed by atoms with Crippen molar-refractivity contribution in [2.45, 2.75) is 65.2 Å². The highest BCUT2D eigenvalue weighted by Crippen LogP contribution is 2.33. The standard InChI is InChI=1S/C25H42N4O3.HI/c1-18(2)21(28-24(30)32-25(3,4)5)13-15-29(7)23(26-6)27-17-20-14-16-31-22(20)19-11-9-8-10-12-19;/h8-12,18,20-22H,13-17H2,1-7H3,(H,26,27)(H,28,30);1H. The first-order valence-corrected chi connectivity index (χ1v) is 11.7. The van der Waals surface area contributed by atoms with E-state index in [0.717, 1.165) is 38.5 Å². The van der Waals surface area contributed by atoms with E-state index in [1.165, 1.54) is 5.56 Å². The van der Waals surface area contributed by atoms with Crippen LogP contribution in [0.1, 0.15) is 59.1 Å². The summed E-state index contributed by atoms with van der Waals surface area (Å²) in [4.78, 5) is 18.8. The molecule has 3 atom stereocenters. The van der Waals surface area contributed by atoms with Crippen molar-refractivity contribution in [1.82, 2.24) is 15.5 Å². The van der Waals surface area contributed by atoms with Gasteiger partial charge in [-0.15, -0.1) is 24.0 Å². The predicted molar refractivity (Wildman–Crippen MR) is 145 cm³/mol. The van der Waals surface area contributed by atoms with Crippen LogP contribution in [0.15, 0.2) is 35.3 Å². The van der Waals surface area contributed by atoms with Crippen LogP contribution in [-0.2, 0) is 9.47 Å². The quantitative estimate of drug-likeness (QED) is 0.265. The molecule has 3 unspecified atom stereocenters. The summed E-state index contributed by atoms with van der Waals surface area (Å²) in [6.45, 7) is 12.2. The Labute approximate surface area is 217 Å². The highest BCUT2D eigenvalue weighted by molar-refractivity contribution is 14.0. The Morgan fingerprint density at radius 3 is 2.52 bits per heavy atom. The summed E-state index contributed by atoms with van der Waals surface area (Å²) >= 11 is 0. The molecule has 0 saturated carbocycles. The van der Waals surface area contributed by atoms with Crippen molar-refractivity contribution in [1.29, 1.82) is 0 Å². The van der Waals surface area contributed by atoms with Crippen molar-refractivity contribution in [2.75, 3.05) is 33.8 Å². The Bertz CT molecular complexity index is 737. The minimum Gasteiger partial charge on any atom is -0.444 e. The van der Waals surface area contributed by atoms with Crippen molar-refractivity contribution >= 4 is 36.0 Å². The van der Waals surface area contributed by atoms with Crippen LogP contribution in [0.4, 0.5) is 4.79 Å². The molecule has 0 aliphatic carbocycles. The van der Waals surface area contributed by atoms with Crippen LogP contribution < -0.4 is 10.6 Å². The van der Waals surface area contributed by atoms with Crippen LogP contribution in [0.2, 0.25) is 0 Å². The number of amides is 1. The number of hydrogen-bond acceptors (Lipinski definition) is 4. The highest BCUT2D eigenvalue weighted by atomic mass is 127. The Balaban J connectivity index is 0.00000544. The number of carbonyl (C=O) groups excluding carboxylic acids is 1. The zero-order valence-electron chi connectivity index (χ0n) is 21.3. The normalized spacial score (nSPS) is 19.6. The molecule has 1 aromatic carbocycles. The second kappa shape index (κ2) is 14.0. The van der Waals surface area contributed by atoms with Crippen LogP contribution >= 0.6 is 24.0 Å². The van der Waals surface area contributed by atoms with Crippen molar-refractivity contribution in [2.24, 2.45) is 16.8 Å². The van der Waals surface area contributed by atoms with E-state index in [1.54, 1.807) is 7.05 Å². The fourth-order valence-electron chi connectivity index (χ4n) is 3.93. The summed E-state index contributed by atoms with van der Waals surface area (Å²) < 4.78 is 11.4. The van der Waals surface area contributed by atoms with Gasteiger partial charge in [-0.25, -0.2) is 4.79 Å². The Morgan fingerprint density at radius 1 is 1.27 bits per heavy atom. The second-order valence-electron chi connectivity index (χ2n) is 9.89. The van der Waals surface area contributed by atoms with E-state index in [0.29, 0.717) is 11.8 Å². The fourth-order valence-corrected chi connectivity index (χ4v) is 3.93. The number of ether oxygens (including phenoxy) is 2. The van der Waals surface area contributed by atoms with Gasteiger partial charge in [0.2, 0.25) is 0 Å². The van der Waals surface area contributed by atoms with Gasteiger partial charge in [-0.1, -0.05) is 44.2 Å². The summed E-state index contributed by atoms with van der Waals surface area (Å²) in [5, 5.41) is 6.54. The van der Waals surface area contributed by atoms with Crippen LogP contribution in [0.3, 0.4) is 0 Å². The maximum absolute atomic E-state index is 12.2. The number of hydrogen-bond donors (Lipinski definition) is 2. The van der Waals surface area contributed by atoms with Gasteiger partial charge in [-0.3, -0.25) is 4.99 Å². The van der Waals surface area contributed by atoms with E-state index in [-0.39, 0.29) is 42.2 Å². The van der Waals surface area contributed by atoms with Crippen LogP contribution in [-0.4, -0.2) is 62.4 Å². The molecule has 188 valence electrons. The summed E-state index contributed by atoms with van der Waals surface area (Å²) in [5.74, 6) is 1.55. The van der Waals surface area contributed by atoms with Crippen LogP contribution in [0.5, 0.6) is 0 Å². The molecule has 1 saturated heterocycles. The summed E-state index contributed by atoms with van der Waals surface area (Å²) in [7, 11) is 3.83. The molecule has 0 radical (unpaired) electrons. The number of carbonyl (C=O) groups is 1. The lowest BCUT2D eigenvalue weighted by atomic mass is 9.95. The summed E-state index contributed by atoms with van der Waals surface area (Å²) in [5.41, 5.74) is 0.726. The molecule has 8 heteroatoms. The van der Waals surface area contributed by atoms with Gasteiger partial charge in [0.1, 0.15) is 5.60 Å². The number of halogens is 1. The molecule has 1 fully saturated rings. The Morgan fingerprint density at radius 2 is 1.94 bits per heavy atom. The van der Waals surface area contributed by atoms with Crippen LogP contribution in [0, 0.1) is 11.8 Å². The van der Waals surface area contributed by atoms with Crippen molar-refractivity contribution in [3.8, 4) is 0 Å². The van der Waals surface area contributed by atoms with E-state index in [9.17, 15) is 4.79 Å². The molecule has 33 heavy (non-hydrogen) atoms. The maximum Gasteiger partial charge on any atom is 0.407 e. The first kappa shape index (κ1) is 29.5. The minimum absolute atomic E-state index is 0. The smallest absolute Gasteiger partial charge is 0.407 e. The predicted octanol–water partition coefficient (Wildman–Crippen LogP) is 4.83. The number of guanidine groups is 1. The van der Waals surface area contributed by atoms with Gasteiger partial charge in [0.15, 0.2) is 5.96 Å². The molecule has 2 rings (SSSR count). The molecule has 1 heterocycles. The molecule has 0 aromatic heterocycles. The molecule has 1 aromatic rings. The van der Waals surface area contributed by atoms with Gasteiger partial charge in [0.25, 0.3) is 0 Å². The first-order valence-electron chi connectivity index (χ1n) is 11.7. The fraction of sp³-hybridized carbons (Fsp3) is 0.680. The van der Waals surface area contributed by atoms with E-state index in [2.05, 4.69) is 58.6 Å². The number of rotatable bonds is 8. The molecular formula is C25H43IN4O3. The van der Waals surface area contributed by atoms with Crippen molar-refractivity contribution < 1.29 is 14.3 Å². The number of benzene rings is 1. The molecule has 0 spiro atoms. The molecule has 1 aliphatic heterocycles. The summed E-state index contributed by atoms with van der Waals surface area (Å²) in [6.07, 6.45) is 1.58. The van der Waals surface area contributed by atoms with Crippen molar-refractivity contribution in [3.63, 3.8) is 0 Å². The molecule has 7 nitrogen and oxygen atoms in total. The molecule has 1 aliphatic rings. The third kappa shape index (κ3) is 10.1. The molecule has 2 N–H and O–H groups in total. The highest BCUT2D eigenvalue weighted by Gasteiger charge is 2.30. The maximum atomic E-state index is 12.2. The number of nitrogens with one attached hydrogen (secondary N) is 2. The lowest BCUT2D eigenvalue weighted by molar-refractivity contribution is 0.0486. The van der Waals surface area contributed by atoms with E-state index in [1.807, 2.05) is 33.9 Å². The number of aliphatic imine (C=N–C) groups is 1. The minimum atomic E-state index is -0.504. The average molecular weight is 575 g/mol. The second-order valence-corrected chi connectivity index (χ2v) is 9.89. The van der Waals surface area contributed by atoms with E-state index >= 15 is 0 Å². The molecule has 1 amide bonds. The Kier molecular flexibility index (Phi) is 12.5. The number of alkyl carbamates (subject to hydrolysis) is 1. The third-order valence-electron chi connectivity index (χ3n) is 5.72.